The molecule has 0 aliphatic heterocycles. The first-order valence-corrected chi connectivity index (χ1v) is 5.76. The third-order valence-electron chi connectivity index (χ3n) is 2.52. The number of hydrogen-bond acceptors (Lipinski definition) is 2. The maximum atomic E-state index is 12.3. The van der Waals surface area contributed by atoms with Crippen molar-refractivity contribution in [3.63, 3.8) is 0 Å². The Bertz CT molecular complexity index is 449. The Morgan fingerprint density at radius 1 is 1.56 bits per heavy atom. The fourth-order valence-corrected chi connectivity index (χ4v) is 1.73. The number of carbonyl (C=O) groups excluding carboxylic acids is 1. The molecule has 0 spiro atoms. The lowest BCUT2D eigenvalue weighted by atomic mass is 10.3. The lowest BCUT2D eigenvalue weighted by molar-refractivity contribution is -0.137. The molecule has 0 saturated carbocycles. The van der Waals surface area contributed by atoms with Crippen molar-refractivity contribution in [1.82, 2.24) is 9.47 Å². The van der Waals surface area contributed by atoms with Crippen molar-refractivity contribution in [1.29, 1.82) is 0 Å². The van der Waals surface area contributed by atoms with Crippen molar-refractivity contribution in [3.05, 3.63) is 36.7 Å². The van der Waals surface area contributed by atoms with Gasteiger partial charge in [0, 0.05) is 18.8 Å². The fraction of sp³-hybridized carbons (Fsp3) is 0.385. The van der Waals surface area contributed by atoms with Crippen LogP contribution < -0.4 is 0 Å². The molecule has 0 aliphatic rings. The van der Waals surface area contributed by atoms with Crippen LogP contribution in [-0.2, 0) is 4.79 Å². The molecule has 1 rings (SSSR count). The second-order valence-corrected chi connectivity index (χ2v) is 4.26. The normalized spacial score (nSPS) is 10.4. The average Bonchev–Trinajstić information content (AvgIpc) is 2.75. The van der Waals surface area contributed by atoms with E-state index in [1.165, 1.54) is 11.0 Å². The van der Waals surface area contributed by atoms with Gasteiger partial charge in [-0.05, 0) is 26.0 Å². The van der Waals surface area contributed by atoms with E-state index >= 15 is 0 Å². The molecule has 1 heterocycles. The smallest absolute Gasteiger partial charge is 0.323 e. The van der Waals surface area contributed by atoms with Gasteiger partial charge >= 0.3 is 5.97 Å². The Balaban J connectivity index is 2.97. The van der Waals surface area contributed by atoms with Gasteiger partial charge in [0.25, 0.3) is 5.91 Å². The molecule has 98 valence electrons. The first-order valence-electron chi connectivity index (χ1n) is 5.76. The number of carboxylic acid groups (broad SMARTS) is 1. The highest BCUT2D eigenvalue weighted by Crippen LogP contribution is 2.13. The van der Waals surface area contributed by atoms with Gasteiger partial charge in [-0.15, -0.1) is 6.58 Å². The van der Waals surface area contributed by atoms with Crippen LogP contribution in [0, 0.1) is 0 Å². The number of amides is 1. The summed E-state index contributed by atoms with van der Waals surface area (Å²) in [5.74, 6) is -1.33. The van der Waals surface area contributed by atoms with Crippen LogP contribution in [0.15, 0.2) is 31.0 Å². The van der Waals surface area contributed by atoms with Crippen molar-refractivity contribution >= 4 is 11.9 Å². The van der Waals surface area contributed by atoms with E-state index in [4.69, 9.17) is 5.11 Å². The van der Waals surface area contributed by atoms with Crippen molar-refractivity contribution in [2.45, 2.75) is 19.9 Å². The topological polar surface area (TPSA) is 62.5 Å². The van der Waals surface area contributed by atoms with Crippen molar-refractivity contribution < 1.29 is 14.7 Å². The molecule has 0 aliphatic carbocycles. The monoisotopic (exact) mass is 250 g/mol. The van der Waals surface area contributed by atoms with E-state index in [1.807, 2.05) is 24.6 Å². The summed E-state index contributed by atoms with van der Waals surface area (Å²) < 4.78 is 1.82. The number of carboxylic acids is 1. The summed E-state index contributed by atoms with van der Waals surface area (Å²) in [6.45, 7) is 7.36. The predicted molar refractivity (Wildman–Crippen MR) is 68.6 cm³/mol. The third-order valence-corrected chi connectivity index (χ3v) is 2.52. The molecule has 0 atom stereocenters. The zero-order valence-corrected chi connectivity index (χ0v) is 10.7. The second kappa shape index (κ2) is 6.05. The molecule has 0 fully saturated rings. The molecule has 1 N–H and O–H groups in total. The van der Waals surface area contributed by atoms with Crippen LogP contribution in [-0.4, -0.2) is 39.5 Å². The third kappa shape index (κ3) is 3.23. The number of aromatic nitrogens is 1. The highest BCUT2D eigenvalue weighted by molar-refractivity contribution is 5.94. The molecule has 0 saturated heterocycles. The molecule has 0 unspecified atom stereocenters. The van der Waals surface area contributed by atoms with Gasteiger partial charge in [0.1, 0.15) is 12.2 Å². The van der Waals surface area contributed by atoms with Gasteiger partial charge in [-0.1, -0.05) is 6.08 Å². The Morgan fingerprint density at radius 3 is 2.72 bits per heavy atom. The highest BCUT2D eigenvalue weighted by Gasteiger charge is 2.20. The lowest BCUT2D eigenvalue weighted by Crippen LogP contribution is -2.37. The lowest BCUT2D eigenvalue weighted by Gasteiger charge is -2.21. The molecule has 1 aromatic rings. The first-order chi connectivity index (χ1) is 8.47. The highest BCUT2D eigenvalue weighted by atomic mass is 16.4. The van der Waals surface area contributed by atoms with E-state index in [0.29, 0.717) is 5.69 Å². The SMILES string of the molecule is C=CCN(CC(=O)O)C(=O)c1cccn1C(C)C. The molecular formula is C13H18N2O3. The molecule has 0 radical (unpaired) electrons. The minimum atomic E-state index is -1.03. The van der Waals surface area contributed by atoms with Gasteiger partial charge in [-0.3, -0.25) is 9.59 Å². The van der Waals surface area contributed by atoms with Crippen LogP contribution in [0.1, 0.15) is 30.4 Å². The van der Waals surface area contributed by atoms with Crippen LogP contribution in [0.3, 0.4) is 0 Å². The van der Waals surface area contributed by atoms with Crippen LogP contribution >= 0.6 is 0 Å². The van der Waals surface area contributed by atoms with E-state index in [9.17, 15) is 9.59 Å². The average molecular weight is 250 g/mol. The molecule has 5 heteroatoms. The summed E-state index contributed by atoms with van der Waals surface area (Å²) in [6.07, 6.45) is 3.33. The molecule has 18 heavy (non-hydrogen) atoms. The van der Waals surface area contributed by atoms with Gasteiger partial charge < -0.3 is 14.6 Å². The van der Waals surface area contributed by atoms with Gasteiger partial charge in [0.2, 0.25) is 0 Å². The number of aliphatic carboxylic acids is 1. The summed E-state index contributed by atoms with van der Waals surface area (Å²) in [7, 11) is 0. The van der Waals surface area contributed by atoms with Gasteiger partial charge in [0.15, 0.2) is 0 Å². The number of carbonyl (C=O) groups is 2. The quantitative estimate of drug-likeness (QED) is 0.783. The maximum Gasteiger partial charge on any atom is 0.323 e. The Morgan fingerprint density at radius 2 is 2.22 bits per heavy atom. The van der Waals surface area contributed by atoms with Crippen LogP contribution in [0.5, 0.6) is 0 Å². The maximum absolute atomic E-state index is 12.3. The summed E-state index contributed by atoms with van der Waals surface area (Å²) >= 11 is 0. The molecule has 1 amide bonds. The number of hydrogen-bond donors (Lipinski definition) is 1. The Hall–Kier alpha value is -2.04. The summed E-state index contributed by atoms with van der Waals surface area (Å²) in [6, 6.07) is 3.62. The molecule has 0 bridgehead atoms. The van der Waals surface area contributed by atoms with E-state index < -0.39 is 5.97 Å². The molecule has 1 aromatic heterocycles. The Labute approximate surface area is 106 Å². The standard InChI is InChI=1S/C13H18N2O3/c1-4-7-14(9-12(16)17)13(18)11-6-5-8-15(11)10(2)3/h4-6,8,10H,1,7,9H2,2-3H3,(H,16,17). The van der Waals surface area contributed by atoms with E-state index in [1.54, 1.807) is 12.1 Å². The van der Waals surface area contributed by atoms with Crippen molar-refractivity contribution in [3.8, 4) is 0 Å². The number of rotatable bonds is 6. The zero-order valence-electron chi connectivity index (χ0n) is 10.7. The second-order valence-electron chi connectivity index (χ2n) is 4.26. The van der Waals surface area contributed by atoms with Gasteiger partial charge in [0.05, 0.1) is 0 Å². The molecule has 5 nitrogen and oxygen atoms in total. The largest absolute Gasteiger partial charge is 0.480 e. The van der Waals surface area contributed by atoms with Crippen molar-refractivity contribution in [2.75, 3.05) is 13.1 Å². The van der Waals surface area contributed by atoms with Crippen LogP contribution in [0.25, 0.3) is 0 Å². The van der Waals surface area contributed by atoms with E-state index in [2.05, 4.69) is 6.58 Å². The van der Waals surface area contributed by atoms with E-state index in [0.717, 1.165) is 0 Å². The minimum Gasteiger partial charge on any atom is -0.480 e. The van der Waals surface area contributed by atoms with Crippen molar-refractivity contribution in [2.24, 2.45) is 0 Å². The summed E-state index contributed by atoms with van der Waals surface area (Å²) in [5, 5.41) is 8.80. The first kappa shape index (κ1) is 14.0. The van der Waals surface area contributed by atoms with Crippen LogP contribution in [0.4, 0.5) is 0 Å². The minimum absolute atomic E-state index is 0.148. The predicted octanol–water partition coefficient (Wildman–Crippen LogP) is 1.78. The zero-order chi connectivity index (χ0) is 13.7. The summed E-state index contributed by atoms with van der Waals surface area (Å²) in [4.78, 5) is 24.2. The molecular weight excluding hydrogens is 232 g/mol. The van der Waals surface area contributed by atoms with Gasteiger partial charge in [-0.2, -0.15) is 0 Å². The summed E-state index contributed by atoms with van der Waals surface area (Å²) in [5.41, 5.74) is 0.494. The van der Waals surface area contributed by atoms with Crippen LogP contribution in [0.2, 0.25) is 0 Å². The van der Waals surface area contributed by atoms with Gasteiger partial charge in [-0.25, -0.2) is 0 Å². The molecule has 0 aromatic carbocycles. The fourth-order valence-electron chi connectivity index (χ4n) is 1.73. The number of nitrogens with zero attached hydrogens (tertiary/aromatic N) is 2. The Kier molecular flexibility index (Phi) is 4.71. The van der Waals surface area contributed by atoms with E-state index in [-0.39, 0.29) is 25.0 Å².